The van der Waals surface area contributed by atoms with Gasteiger partial charge in [-0.05, 0) is 49.4 Å². The van der Waals surface area contributed by atoms with Crippen LogP contribution in [0.4, 0.5) is 0 Å². The minimum atomic E-state index is 0.498. The van der Waals surface area contributed by atoms with Crippen molar-refractivity contribution < 1.29 is 0 Å². The molecule has 2 rings (SSSR count). The van der Waals surface area contributed by atoms with Crippen LogP contribution in [0.15, 0.2) is 24.3 Å². The zero-order valence-electron chi connectivity index (χ0n) is 12.0. The van der Waals surface area contributed by atoms with Gasteiger partial charge in [-0.3, -0.25) is 0 Å². The van der Waals surface area contributed by atoms with E-state index < -0.39 is 0 Å². The van der Waals surface area contributed by atoms with Gasteiger partial charge in [0.05, 0.1) is 0 Å². The van der Waals surface area contributed by atoms with Crippen molar-refractivity contribution in [2.24, 2.45) is 5.92 Å². The molecule has 1 aromatic rings. The summed E-state index contributed by atoms with van der Waals surface area (Å²) < 4.78 is 0. The van der Waals surface area contributed by atoms with Gasteiger partial charge in [-0.25, -0.2) is 0 Å². The Morgan fingerprint density at radius 1 is 1.21 bits per heavy atom. The third-order valence-corrected chi connectivity index (χ3v) is 4.50. The summed E-state index contributed by atoms with van der Waals surface area (Å²) >= 11 is 5.98. The molecule has 0 saturated heterocycles. The summed E-state index contributed by atoms with van der Waals surface area (Å²) in [7, 11) is 0. The number of nitrogens with one attached hydrogen (secondary N) is 1. The Hall–Kier alpha value is -0.530. The highest BCUT2D eigenvalue weighted by atomic mass is 35.5. The van der Waals surface area contributed by atoms with Gasteiger partial charge in [0.25, 0.3) is 0 Å². The second-order valence-corrected chi connectivity index (χ2v) is 6.22. The lowest BCUT2D eigenvalue weighted by molar-refractivity contribution is 0.412. The van der Waals surface area contributed by atoms with Gasteiger partial charge < -0.3 is 5.32 Å². The minimum absolute atomic E-state index is 0.498. The lowest BCUT2D eigenvalue weighted by atomic mass is 9.95. The quantitative estimate of drug-likeness (QED) is 0.709. The maximum atomic E-state index is 5.98. The summed E-state index contributed by atoms with van der Waals surface area (Å²) in [5.74, 6) is 0.971. The molecule has 1 aliphatic carbocycles. The van der Waals surface area contributed by atoms with Crippen LogP contribution in [0.5, 0.6) is 0 Å². The van der Waals surface area contributed by atoms with Crippen molar-refractivity contribution in [1.29, 1.82) is 0 Å². The molecule has 1 aliphatic rings. The number of rotatable bonds is 7. The molecule has 1 unspecified atom stereocenters. The Kier molecular flexibility index (Phi) is 6.19. The molecule has 1 saturated carbocycles. The molecule has 0 radical (unpaired) electrons. The molecule has 1 atom stereocenters. The van der Waals surface area contributed by atoms with Crippen molar-refractivity contribution in [3.05, 3.63) is 34.9 Å². The van der Waals surface area contributed by atoms with Gasteiger partial charge >= 0.3 is 0 Å². The molecular weight excluding hydrogens is 254 g/mol. The van der Waals surface area contributed by atoms with Gasteiger partial charge in [0.2, 0.25) is 0 Å². The summed E-state index contributed by atoms with van der Waals surface area (Å²) in [6.07, 6.45) is 9.59. The molecular formula is C17H26ClN. The lowest BCUT2D eigenvalue weighted by Crippen LogP contribution is -2.22. The van der Waals surface area contributed by atoms with Crippen molar-refractivity contribution in [2.75, 3.05) is 6.54 Å². The van der Waals surface area contributed by atoms with E-state index in [9.17, 15) is 0 Å². The summed E-state index contributed by atoms with van der Waals surface area (Å²) in [6.45, 7) is 3.32. The Balaban J connectivity index is 1.91. The third-order valence-electron chi connectivity index (χ3n) is 4.25. The highest BCUT2D eigenvalue weighted by molar-refractivity contribution is 6.30. The Bertz CT molecular complexity index is 354. The van der Waals surface area contributed by atoms with E-state index in [1.165, 1.54) is 50.5 Å². The summed E-state index contributed by atoms with van der Waals surface area (Å²) in [4.78, 5) is 0. The minimum Gasteiger partial charge on any atom is -0.310 e. The fraction of sp³-hybridized carbons (Fsp3) is 0.647. The highest BCUT2D eigenvalue weighted by Gasteiger charge is 2.18. The van der Waals surface area contributed by atoms with Gasteiger partial charge in [-0.1, -0.05) is 56.3 Å². The van der Waals surface area contributed by atoms with Crippen LogP contribution in [-0.2, 0) is 0 Å². The molecule has 106 valence electrons. The van der Waals surface area contributed by atoms with E-state index in [2.05, 4.69) is 24.4 Å². The predicted molar refractivity (Wildman–Crippen MR) is 83.7 cm³/mol. The fourth-order valence-corrected chi connectivity index (χ4v) is 3.23. The van der Waals surface area contributed by atoms with Crippen LogP contribution in [0, 0.1) is 5.92 Å². The van der Waals surface area contributed by atoms with Crippen molar-refractivity contribution in [1.82, 2.24) is 5.32 Å². The predicted octanol–water partition coefficient (Wildman–Crippen LogP) is 5.35. The number of benzene rings is 1. The van der Waals surface area contributed by atoms with E-state index in [0.717, 1.165) is 17.5 Å². The molecule has 0 bridgehead atoms. The Morgan fingerprint density at radius 2 is 1.89 bits per heavy atom. The van der Waals surface area contributed by atoms with E-state index >= 15 is 0 Å². The first-order valence-electron chi connectivity index (χ1n) is 7.78. The van der Waals surface area contributed by atoms with Crippen LogP contribution in [0.25, 0.3) is 0 Å². The first-order chi connectivity index (χ1) is 9.29. The molecule has 0 amide bonds. The molecule has 1 fully saturated rings. The maximum absolute atomic E-state index is 5.98. The normalized spacial score (nSPS) is 17.8. The van der Waals surface area contributed by atoms with Crippen molar-refractivity contribution >= 4 is 11.6 Å². The molecule has 1 N–H and O–H groups in total. The smallest absolute Gasteiger partial charge is 0.0406 e. The van der Waals surface area contributed by atoms with Gasteiger partial charge in [0.1, 0.15) is 0 Å². The van der Waals surface area contributed by atoms with Crippen LogP contribution in [-0.4, -0.2) is 6.54 Å². The van der Waals surface area contributed by atoms with Crippen LogP contribution >= 0.6 is 11.6 Å². The topological polar surface area (TPSA) is 12.0 Å². The van der Waals surface area contributed by atoms with E-state index in [0.29, 0.717) is 6.04 Å². The number of halogens is 1. The average Bonchev–Trinajstić information content (AvgIpc) is 2.93. The van der Waals surface area contributed by atoms with E-state index in [1.807, 2.05) is 12.1 Å². The first-order valence-corrected chi connectivity index (χ1v) is 8.16. The molecule has 2 heteroatoms. The van der Waals surface area contributed by atoms with Gasteiger partial charge in [0.15, 0.2) is 0 Å². The van der Waals surface area contributed by atoms with Crippen LogP contribution in [0.2, 0.25) is 5.02 Å². The molecule has 1 aromatic carbocycles. The zero-order chi connectivity index (χ0) is 13.5. The fourth-order valence-electron chi connectivity index (χ4n) is 3.10. The molecule has 0 aliphatic heterocycles. The standard InChI is InChI=1S/C17H26ClN/c1-2-13-19-17(12-7-14-5-3-4-6-14)15-8-10-16(18)11-9-15/h8-11,14,17,19H,2-7,12-13H2,1H3. The molecule has 0 heterocycles. The maximum Gasteiger partial charge on any atom is 0.0406 e. The Morgan fingerprint density at radius 3 is 2.53 bits per heavy atom. The van der Waals surface area contributed by atoms with Crippen LogP contribution in [0.3, 0.4) is 0 Å². The lowest BCUT2D eigenvalue weighted by Gasteiger charge is -2.21. The molecule has 0 aromatic heterocycles. The second kappa shape index (κ2) is 7.91. The van der Waals surface area contributed by atoms with E-state index in [4.69, 9.17) is 11.6 Å². The summed E-state index contributed by atoms with van der Waals surface area (Å²) in [6, 6.07) is 8.85. The second-order valence-electron chi connectivity index (χ2n) is 5.79. The molecule has 0 spiro atoms. The van der Waals surface area contributed by atoms with Crippen LogP contribution in [0.1, 0.15) is 63.5 Å². The van der Waals surface area contributed by atoms with Gasteiger partial charge in [-0.2, -0.15) is 0 Å². The van der Waals surface area contributed by atoms with Crippen LogP contribution < -0.4 is 5.32 Å². The third kappa shape index (κ3) is 4.81. The van der Waals surface area contributed by atoms with Gasteiger partial charge in [-0.15, -0.1) is 0 Å². The SMILES string of the molecule is CCCNC(CCC1CCCC1)c1ccc(Cl)cc1. The van der Waals surface area contributed by atoms with Crippen molar-refractivity contribution in [3.8, 4) is 0 Å². The van der Waals surface area contributed by atoms with Gasteiger partial charge in [0, 0.05) is 11.1 Å². The number of hydrogen-bond donors (Lipinski definition) is 1. The monoisotopic (exact) mass is 279 g/mol. The highest BCUT2D eigenvalue weighted by Crippen LogP contribution is 2.31. The number of hydrogen-bond acceptors (Lipinski definition) is 1. The summed E-state index contributed by atoms with van der Waals surface area (Å²) in [5, 5.41) is 4.51. The van der Waals surface area contributed by atoms with Crippen molar-refractivity contribution in [3.63, 3.8) is 0 Å². The van der Waals surface area contributed by atoms with E-state index in [-0.39, 0.29) is 0 Å². The molecule has 1 nitrogen and oxygen atoms in total. The Labute approximate surface area is 122 Å². The largest absolute Gasteiger partial charge is 0.310 e. The van der Waals surface area contributed by atoms with E-state index in [1.54, 1.807) is 0 Å². The molecule has 19 heavy (non-hydrogen) atoms. The zero-order valence-corrected chi connectivity index (χ0v) is 12.8. The first kappa shape index (κ1) is 14.9. The van der Waals surface area contributed by atoms with Crippen molar-refractivity contribution in [2.45, 2.75) is 57.9 Å². The summed E-state index contributed by atoms with van der Waals surface area (Å²) in [5.41, 5.74) is 1.39. The average molecular weight is 280 g/mol.